The van der Waals surface area contributed by atoms with Gasteiger partial charge in [0, 0.05) is 28.5 Å². The Morgan fingerprint density at radius 3 is 2.81 bits per heavy atom. The SMILES string of the molecule is [2H]C1([2H])[C@]2(CO)[C@@H](C(=O)CO)CC[C@H]2[C@@H]2CCC3=CC(=O)CC[C@]3(C)[C@@]2([2H])[C@@]1([2H])O. The van der Waals surface area contributed by atoms with Gasteiger partial charge in [-0.3, -0.25) is 9.59 Å². The van der Waals surface area contributed by atoms with E-state index >= 15 is 0 Å². The highest BCUT2D eigenvalue weighted by atomic mass is 16.3. The topological polar surface area (TPSA) is 94.8 Å². The number of hydrogen-bond acceptors (Lipinski definition) is 5. The molecular weight excluding hydrogens is 332 g/mol. The van der Waals surface area contributed by atoms with Crippen LogP contribution in [-0.2, 0) is 9.59 Å². The van der Waals surface area contributed by atoms with Crippen molar-refractivity contribution in [3.05, 3.63) is 11.6 Å². The number of carbonyl (C=O) groups excluding carboxylic acids is 2. The average Bonchev–Trinajstić information content (AvgIpc) is 3.09. The predicted octanol–water partition coefficient (Wildman–Crippen LogP) is 1.64. The summed E-state index contributed by atoms with van der Waals surface area (Å²) in [7, 11) is 0. The van der Waals surface area contributed by atoms with Crippen LogP contribution in [0.1, 0.15) is 57.3 Å². The Morgan fingerprint density at radius 2 is 2.12 bits per heavy atom. The smallest absolute Gasteiger partial charge is 0.161 e. The first kappa shape index (κ1) is 14.0. The van der Waals surface area contributed by atoms with Gasteiger partial charge in [0.1, 0.15) is 6.61 Å². The van der Waals surface area contributed by atoms with Crippen LogP contribution in [0.4, 0.5) is 0 Å². The van der Waals surface area contributed by atoms with Gasteiger partial charge in [-0.1, -0.05) is 12.5 Å². The largest absolute Gasteiger partial charge is 0.396 e. The maximum Gasteiger partial charge on any atom is 0.161 e. The highest BCUT2D eigenvalue weighted by molar-refractivity contribution is 5.91. The van der Waals surface area contributed by atoms with Crippen molar-refractivity contribution in [1.82, 2.24) is 0 Å². The van der Waals surface area contributed by atoms with Gasteiger partial charge in [0.2, 0.25) is 0 Å². The predicted molar refractivity (Wildman–Crippen MR) is 95.1 cm³/mol. The zero-order chi connectivity index (χ0) is 22.3. The summed E-state index contributed by atoms with van der Waals surface area (Å²) in [5.41, 5.74) is -2.11. The Bertz CT molecular complexity index is 826. The van der Waals surface area contributed by atoms with Gasteiger partial charge in [-0.15, -0.1) is 0 Å². The molecule has 0 aliphatic heterocycles. The summed E-state index contributed by atoms with van der Waals surface area (Å²) in [4.78, 5) is 24.6. The summed E-state index contributed by atoms with van der Waals surface area (Å²) < 4.78 is 36.2. The van der Waals surface area contributed by atoms with E-state index in [4.69, 9.17) is 4.11 Å². The van der Waals surface area contributed by atoms with Crippen molar-refractivity contribution in [2.75, 3.05) is 13.2 Å². The van der Waals surface area contributed by atoms with Crippen LogP contribution in [0.15, 0.2) is 11.6 Å². The summed E-state index contributed by atoms with van der Waals surface area (Å²) in [6.07, 6.45) is -2.28. The number of fused-ring (bicyclic) bond motifs is 5. The van der Waals surface area contributed by atoms with Gasteiger partial charge in [0.05, 0.1) is 7.45 Å². The normalized spacial score (nSPS) is 57.5. The summed E-state index contributed by atoms with van der Waals surface area (Å²) in [6.45, 7) is 0.207. The molecule has 0 aromatic carbocycles. The van der Waals surface area contributed by atoms with Crippen LogP contribution in [0.3, 0.4) is 0 Å². The molecule has 3 fully saturated rings. The number of aliphatic hydroxyl groups excluding tert-OH is 2. The maximum atomic E-state index is 12.5. The fourth-order valence-corrected chi connectivity index (χ4v) is 6.29. The number of ketones is 2. The number of hydrogen-bond donors (Lipinski definition) is 3. The lowest BCUT2D eigenvalue weighted by Gasteiger charge is -2.60. The monoisotopic (exact) mass is 366 g/mol. The van der Waals surface area contributed by atoms with E-state index in [9.17, 15) is 26.3 Å². The molecule has 0 aromatic heterocycles. The third kappa shape index (κ3) is 2.33. The van der Waals surface area contributed by atoms with E-state index < -0.39 is 65.9 Å². The fraction of sp³-hybridized carbons (Fsp3) is 0.810. The molecule has 4 aliphatic carbocycles. The molecule has 4 rings (SSSR count). The maximum absolute atomic E-state index is 12.5. The minimum absolute atomic E-state index is 0.0592. The molecular formula is C21H30O5. The molecule has 0 saturated heterocycles. The molecule has 0 radical (unpaired) electrons. The van der Waals surface area contributed by atoms with E-state index in [1.54, 1.807) is 6.92 Å². The quantitative estimate of drug-likeness (QED) is 0.706. The number of rotatable bonds is 3. The Kier molecular flexibility index (Phi) is 3.37. The van der Waals surface area contributed by atoms with Gasteiger partial charge in [0.15, 0.2) is 11.6 Å². The molecule has 26 heavy (non-hydrogen) atoms. The van der Waals surface area contributed by atoms with E-state index in [-0.39, 0.29) is 25.0 Å². The van der Waals surface area contributed by atoms with E-state index in [1.807, 2.05) is 0 Å². The fourth-order valence-electron chi connectivity index (χ4n) is 6.29. The Labute approximate surface area is 160 Å². The van der Waals surface area contributed by atoms with Crippen molar-refractivity contribution in [3.63, 3.8) is 0 Å². The second-order valence-electron chi connectivity index (χ2n) is 8.56. The molecule has 0 bridgehead atoms. The van der Waals surface area contributed by atoms with Crippen LogP contribution in [0, 0.1) is 34.5 Å². The lowest BCUT2D eigenvalue weighted by Crippen LogP contribution is -2.59. The Hall–Kier alpha value is -1.04. The standard InChI is InChI=1S/C21H30O5/c1-20-7-6-13(24)8-12(20)2-3-14-15-4-5-16(18(26)10-22)21(15,11-23)9-17(25)19(14)20/h8,14-17,19,22-23,25H,2-7,9-11H2,1H3/t14-,15-,16+,17-,19+,20-,21+/m0/s1/i9D2,17D,19D. The third-order valence-corrected chi connectivity index (χ3v) is 7.55. The second kappa shape index (κ2) is 6.25. The van der Waals surface area contributed by atoms with Crippen molar-refractivity contribution in [2.24, 2.45) is 34.5 Å². The first-order valence-corrected chi connectivity index (χ1v) is 9.57. The lowest BCUT2D eigenvalue weighted by molar-refractivity contribution is -0.158. The summed E-state index contributed by atoms with van der Waals surface area (Å²) in [6, 6.07) is 0. The molecule has 0 heterocycles. The molecule has 144 valence electrons. The molecule has 5 heteroatoms. The van der Waals surface area contributed by atoms with Crippen LogP contribution < -0.4 is 0 Å². The molecule has 4 aliphatic rings. The summed E-state index contributed by atoms with van der Waals surface area (Å²) in [5, 5.41) is 31.5. The third-order valence-electron chi connectivity index (χ3n) is 7.55. The first-order chi connectivity index (χ1) is 13.9. The Balaban J connectivity index is 1.96. The van der Waals surface area contributed by atoms with Gasteiger partial charge < -0.3 is 15.3 Å². The summed E-state index contributed by atoms with van der Waals surface area (Å²) >= 11 is 0. The van der Waals surface area contributed by atoms with Gasteiger partial charge in [-0.25, -0.2) is 0 Å². The molecule has 3 saturated carbocycles. The van der Waals surface area contributed by atoms with Gasteiger partial charge in [-0.05, 0) is 67.7 Å². The van der Waals surface area contributed by atoms with E-state index in [2.05, 4.69) is 0 Å². The van der Waals surface area contributed by atoms with E-state index in [0.717, 1.165) is 0 Å². The van der Waals surface area contributed by atoms with Crippen LogP contribution in [0.2, 0.25) is 0 Å². The highest BCUT2D eigenvalue weighted by Gasteiger charge is 2.64. The van der Waals surface area contributed by atoms with Crippen LogP contribution in [-0.4, -0.2) is 46.2 Å². The van der Waals surface area contributed by atoms with Crippen molar-refractivity contribution in [1.29, 1.82) is 0 Å². The second-order valence-corrected chi connectivity index (χ2v) is 8.56. The first-order valence-electron chi connectivity index (χ1n) is 11.6. The van der Waals surface area contributed by atoms with Gasteiger partial charge >= 0.3 is 0 Å². The van der Waals surface area contributed by atoms with Gasteiger partial charge in [-0.2, -0.15) is 0 Å². The molecule has 0 aromatic rings. The van der Waals surface area contributed by atoms with Crippen LogP contribution in [0.5, 0.6) is 0 Å². The zero-order valence-electron chi connectivity index (χ0n) is 19.1. The Morgan fingerprint density at radius 1 is 1.35 bits per heavy atom. The van der Waals surface area contributed by atoms with Crippen molar-refractivity contribution < 1.29 is 30.4 Å². The minimum atomic E-state index is -2.93. The van der Waals surface area contributed by atoms with Crippen molar-refractivity contribution >= 4 is 11.6 Å². The average molecular weight is 366 g/mol. The molecule has 0 amide bonds. The van der Waals surface area contributed by atoms with Crippen molar-refractivity contribution in [3.8, 4) is 0 Å². The zero-order valence-corrected chi connectivity index (χ0v) is 15.1. The number of carbonyl (C=O) groups is 2. The minimum Gasteiger partial charge on any atom is -0.396 e. The van der Waals surface area contributed by atoms with E-state index in [0.29, 0.717) is 24.8 Å². The number of allylic oxidation sites excluding steroid dienone is 1. The highest BCUT2D eigenvalue weighted by Crippen LogP contribution is 2.66. The number of Topliss-reactive ketones (excluding diaryl/α,β-unsaturated/α-hetero) is 1. The van der Waals surface area contributed by atoms with E-state index in [1.165, 1.54) is 6.08 Å². The summed E-state index contributed by atoms with van der Waals surface area (Å²) in [5.74, 6) is -4.84. The number of aliphatic hydroxyl groups is 3. The molecule has 3 N–H and O–H groups in total. The van der Waals surface area contributed by atoms with Crippen molar-refractivity contribution in [2.45, 2.75) is 57.9 Å². The van der Waals surface area contributed by atoms with Gasteiger partial charge in [0.25, 0.3) is 0 Å². The molecule has 0 unspecified atom stereocenters. The molecule has 7 atom stereocenters. The molecule has 0 spiro atoms. The van der Waals surface area contributed by atoms with Crippen LogP contribution in [0.25, 0.3) is 0 Å². The van der Waals surface area contributed by atoms with Crippen LogP contribution >= 0.6 is 0 Å². The lowest BCUT2D eigenvalue weighted by atomic mass is 9.45. The molecule has 5 nitrogen and oxygen atoms in total.